The molecule has 2 rings (SSSR count). The highest BCUT2D eigenvalue weighted by molar-refractivity contribution is 6.11. The second-order valence-electron chi connectivity index (χ2n) is 6.29. The Morgan fingerprint density at radius 1 is 1.17 bits per heavy atom. The van der Waals surface area contributed by atoms with E-state index in [0.29, 0.717) is 17.7 Å². The van der Waals surface area contributed by atoms with Crippen LogP contribution in [0.3, 0.4) is 0 Å². The summed E-state index contributed by atoms with van der Waals surface area (Å²) in [7, 11) is 2.95. The molecule has 0 radical (unpaired) electrons. The molecule has 0 spiro atoms. The number of methoxy groups -OCH3 is 2. The molecule has 1 aromatic carbocycles. The molecule has 0 atom stereocenters. The van der Waals surface area contributed by atoms with Gasteiger partial charge >= 0.3 is 0 Å². The predicted octanol–water partition coefficient (Wildman–Crippen LogP) is 4.61. The second kappa shape index (κ2) is 11.9. The van der Waals surface area contributed by atoms with Crippen molar-refractivity contribution in [3.63, 3.8) is 0 Å². The molecular formula is C22H26ClNO5. The van der Waals surface area contributed by atoms with E-state index in [1.54, 1.807) is 36.7 Å². The number of aromatic nitrogens is 1. The number of allylic oxidation sites excluding steroid dienone is 3. The highest BCUT2D eigenvalue weighted by atomic mass is 35.5. The third-order valence-electron chi connectivity index (χ3n) is 3.97. The van der Waals surface area contributed by atoms with Crippen molar-refractivity contribution in [1.29, 1.82) is 0 Å². The van der Waals surface area contributed by atoms with Crippen molar-refractivity contribution in [1.82, 2.24) is 4.98 Å². The topological polar surface area (TPSA) is 77.9 Å². The maximum Gasteiger partial charge on any atom is 0.193 e. The van der Waals surface area contributed by atoms with E-state index >= 15 is 0 Å². The molecule has 1 aromatic heterocycles. The van der Waals surface area contributed by atoms with Crippen LogP contribution in [0.15, 0.2) is 48.3 Å². The molecule has 156 valence electrons. The lowest BCUT2D eigenvalue weighted by Gasteiger charge is -2.17. The summed E-state index contributed by atoms with van der Waals surface area (Å²) in [5, 5.41) is 10.9. The van der Waals surface area contributed by atoms with Gasteiger partial charge in [0, 0.05) is 31.1 Å². The average molecular weight is 420 g/mol. The van der Waals surface area contributed by atoms with E-state index in [9.17, 15) is 9.90 Å². The summed E-state index contributed by atoms with van der Waals surface area (Å²) in [6.07, 6.45) is 8.69. The smallest absolute Gasteiger partial charge is 0.193 e. The van der Waals surface area contributed by atoms with Crippen molar-refractivity contribution < 1.29 is 24.1 Å². The van der Waals surface area contributed by atoms with Crippen LogP contribution in [0.25, 0.3) is 6.08 Å². The van der Waals surface area contributed by atoms with Gasteiger partial charge in [-0.2, -0.15) is 0 Å². The van der Waals surface area contributed by atoms with Crippen LogP contribution in [-0.2, 0) is 11.2 Å². The van der Waals surface area contributed by atoms with Crippen molar-refractivity contribution in [3.05, 3.63) is 65.0 Å². The molecule has 0 amide bonds. The molecule has 0 aliphatic rings. The fraction of sp³-hybridized carbons (Fsp3) is 0.273. The van der Waals surface area contributed by atoms with Crippen LogP contribution in [0.5, 0.6) is 17.2 Å². The summed E-state index contributed by atoms with van der Waals surface area (Å²) < 4.78 is 15.9. The number of carbonyl (C=O) groups excluding carboxylic acids is 1. The maximum absolute atomic E-state index is 12.8. The summed E-state index contributed by atoms with van der Waals surface area (Å²) in [5.74, 6) is 0.104. The normalized spacial score (nSPS) is 10.3. The monoisotopic (exact) mass is 419 g/mol. The SMILES string of the molecule is COCOc1cc(OC)c(C(=O)C=Cc2ccncc2)c(O)c1CC=C(C)C.Cl. The molecule has 6 nitrogen and oxygen atoms in total. The molecular weight excluding hydrogens is 394 g/mol. The summed E-state index contributed by atoms with van der Waals surface area (Å²) in [5.41, 5.74) is 2.50. The van der Waals surface area contributed by atoms with Crippen molar-refractivity contribution in [2.75, 3.05) is 21.0 Å². The number of ether oxygens (including phenoxy) is 3. The van der Waals surface area contributed by atoms with Crippen LogP contribution in [-0.4, -0.2) is 36.9 Å². The summed E-state index contributed by atoms with van der Waals surface area (Å²) in [6.45, 7) is 3.93. The van der Waals surface area contributed by atoms with Crippen molar-refractivity contribution >= 4 is 24.3 Å². The quantitative estimate of drug-likeness (QED) is 0.277. The Hall–Kier alpha value is -2.83. The van der Waals surface area contributed by atoms with Gasteiger partial charge in [-0.1, -0.05) is 17.7 Å². The zero-order valence-electron chi connectivity index (χ0n) is 17.0. The summed E-state index contributed by atoms with van der Waals surface area (Å²) in [4.78, 5) is 16.8. The van der Waals surface area contributed by atoms with Crippen LogP contribution in [0.2, 0.25) is 0 Å². The Labute approximate surface area is 177 Å². The Bertz CT molecular complexity index is 875. The maximum atomic E-state index is 12.8. The second-order valence-corrected chi connectivity index (χ2v) is 6.29. The lowest BCUT2D eigenvalue weighted by Crippen LogP contribution is -2.07. The number of benzene rings is 1. The third-order valence-corrected chi connectivity index (χ3v) is 3.97. The van der Waals surface area contributed by atoms with Gasteiger partial charge < -0.3 is 19.3 Å². The minimum absolute atomic E-state index is 0. The van der Waals surface area contributed by atoms with Crippen LogP contribution >= 0.6 is 12.4 Å². The molecule has 0 saturated carbocycles. The number of aromatic hydroxyl groups is 1. The van der Waals surface area contributed by atoms with E-state index in [1.165, 1.54) is 20.3 Å². The largest absolute Gasteiger partial charge is 0.507 e. The standard InChI is InChI=1S/C22H25NO5.ClH/c1-15(2)5-7-17-19(28-14-26-3)13-20(27-4)21(22(17)25)18(24)8-6-16-9-11-23-12-10-16;/h5-6,8-13,25H,7,14H2,1-4H3;1H. The van der Waals surface area contributed by atoms with E-state index in [4.69, 9.17) is 14.2 Å². The molecule has 2 aromatic rings. The van der Waals surface area contributed by atoms with Gasteiger partial charge in [-0.25, -0.2) is 0 Å². The first-order valence-corrected chi connectivity index (χ1v) is 8.78. The Morgan fingerprint density at radius 2 is 1.86 bits per heavy atom. The number of ketones is 1. The molecule has 0 fully saturated rings. The first-order valence-electron chi connectivity index (χ1n) is 8.78. The highest BCUT2D eigenvalue weighted by Gasteiger charge is 2.23. The summed E-state index contributed by atoms with van der Waals surface area (Å²) >= 11 is 0. The third kappa shape index (κ3) is 6.62. The lowest BCUT2D eigenvalue weighted by atomic mass is 9.99. The molecule has 7 heteroatoms. The van der Waals surface area contributed by atoms with Gasteiger partial charge in [-0.15, -0.1) is 12.4 Å². The minimum atomic E-state index is -0.372. The van der Waals surface area contributed by atoms with Gasteiger partial charge in [0.15, 0.2) is 12.6 Å². The number of pyridine rings is 1. The zero-order chi connectivity index (χ0) is 20.5. The van der Waals surface area contributed by atoms with Gasteiger partial charge in [-0.3, -0.25) is 9.78 Å². The van der Waals surface area contributed by atoms with Gasteiger partial charge in [0.1, 0.15) is 22.8 Å². The van der Waals surface area contributed by atoms with Crippen LogP contribution in [0.4, 0.5) is 0 Å². The Balaban J connectivity index is 0.00000420. The number of halogens is 1. The first kappa shape index (κ1) is 24.2. The summed E-state index contributed by atoms with van der Waals surface area (Å²) in [6, 6.07) is 5.16. The zero-order valence-corrected chi connectivity index (χ0v) is 17.8. The van der Waals surface area contributed by atoms with E-state index in [0.717, 1.165) is 11.1 Å². The number of nitrogens with zero attached hydrogens (tertiary/aromatic N) is 1. The number of phenols is 1. The Morgan fingerprint density at radius 3 is 2.45 bits per heavy atom. The highest BCUT2D eigenvalue weighted by Crippen LogP contribution is 2.39. The van der Waals surface area contributed by atoms with Gasteiger partial charge in [0.2, 0.25) is 0 Å². The fourth-order valence-electron chi connectivity index (χ4n) is 2.55. The van der Waals surface area contributed by atoms with Crippen LogP contribution in [0.1, 0.15) is 35.3 Å². The number of rotatable bonds is 9. The lowest BCUT2D eigenvalue weighted by molar-refractivity contribution is 0.0502. The van der Waals surface area contributed by atoms with Crippen molar-refractivity contribution in [3.8, 4) is 17.2 Å². The van der Waals surface area contributed by atoms with Crippen LogP contribution in [0, 0.1) is 0 Å². The molecule has 29 heavy (non-hydrogen) atoms. The Kier molecular flexibility index (Phi) is 9.92. The van der Waals surface area contributed by atoms with Gasteiger partial charge in [-0.05, 0) is 44.0 Å². The van der Waals surface area contributed by atoms with E-state index in [2.05, 4.69) is 4.98 Å². The first-order chi connectivity index (χ1) is 13.5. The molecule has 0 bridgehead atoms. The molecule has 0 aliphatic heterocycles. The number of hydrogen-bond acceptors (Lipinski definition) is 6. The average Bonchev–Trinajstić information content (AvgIpc) is 2.69. The molecule has 1 heterocycles. The number of phenolic OH excluding ortho intramolecular Hbond substituents is 1. The van der Waals surface area contributed by atoms with Crippen molar-refractivity contribution in [2.24, 2.45) is 0 Å². The van der Waals surface area contributed by atoms with E-state index in [1.807, 2.05) is 19.9 Å². The fourth-order valence-corrected chi connectivity index (χ4v) is 2.55. The van der Waals surface area contributed by atoms with Crippen LogP contribution < -0.4 is 9.47 Å². The van der Waals surface area contributed by atoms with E-state index in [-0.39, 0.29) is 42.0 Å². The molecule has 1 N–H and O–H groups in total. The van der Waals surface area contributed by atoms with Crippen molar-refractivity contribution in [2.45, 2.75) is 20.3 Å². The van der Waals surface area contributed by atoms with E-state index < -0.39 is 0 Å². The predicted molar refractivity (Wildman–Crippen MR) is 115 cm³/mol. The van der Waals surface area contributed by atoms with Gasteiger partial charge in [0.05, 0.1) is 7.11 Å². The minimum Gasteiger partial charge on any atom is -0.507 e. The molecule has 0 saturated heterocycles. The number of hydrogen-bond donors (Lipinski definition) is 1. The number of carbonyl (C=O) groups is 1. The molecule has 0 aliphatic carbocycles. The van der Waals surface area contributed by atoms with Gasteiger partial charge in [0.25, 0.3) is 0 Å². The molecule has 0 unspecified atom stereocenters.